The molecule has 0 amide bonds. The first kappa shape index (κ1) is 14.3. The van der Waals surface area contributed by atoms with Gasteiger partial charge in [0.05, 0.1) is 7.11 Å². The number of likely N-dealkylation sites (tertiary alicyclic amines) is 1. The lowest BCUT2D eigenvalue weighted by molar-refractivity contribution is 0.190. The number of hydrogen-bond acceptors (Lipinski definition) is 4. The summed E-state index contributed by atoms with van der Waals surface area (Å²) in [6.45, 7) is 6.71. The predicted molar refractivity (Wildman–Crippen MR) is 77.4 cm³/mol. The zero-order valence-corrected chi connectivity index (χ0v) is 12.1. The van der Waals surface area contributed by atoms with Crippen molar-refractivity contribution in [2.45, 2.75) is 38.8 Å². The molecule has 0 atom stereocenters. The lowest BCUT2D eigenvalue weighted by Gasteiger charge is -2.32. The molecule has 4 nitrogen and oxygen atoms in total. The molecule has 0 saturated carbocycles. The summed E-state index contributed by atoms with van der Waals surface area (Å²) in [5, 5.41) is 3.62. The van der Waals surface area contributed by atoms with Crippen LogP contribution in [0.2, 0.25) is 0 Å². The average Bonchev–Trinajstić information content (AvgIpc) is 2.47. The van der Waals surface area contributed by atoms with Gasteiger partial charge in [-0.1, -0.05) is 13.0 Å². The fourth-order valence-electron chi connectivity index (χ4n) is 2.53. The minimum Gasteiger partial charge on any atom is -0.481 e. The molecule has 4 heteroatoms. The topological polar surface area (TPSA) is 37.4 Å². The minimum atomic E-state index is 0.686. The normalized spacial score (nSPS) is 17.6. The van der Waals surface area contributed by atoms with Crippen molar-refractivity contribution in [3.8, 4) is 5.88 Å². The second kappa shape index (κ2) is 7.46. The van der Waals surface area contributed by atoms with E-state index in [1.54, 1.807) is 7.11 Å². The van der Waals surface area contributed by atoms with Crippen LogP contribution in [0.3, 0.4) is 0 Å². The van der Waals surface area contributed by atoms with Crippen molar-refractivity contribution < 1.29 is 4.74 Å². The Morgan fingerprint density at radius 1 is 1.37 bits per heavy atom. The van der Waals surface area contributed by atoms with E-state index in [0.29, 0.717) is 11.9 Å². The van der Waals surface area contributed by atoms with Crippen LogP contribution in [0, 0.1) is 0 Å². The van der Waals surface area contributed by atoms with Crippen LogP contribution in [0.25, 0.3) is 0 Å². The van der Waals surface area contributed by atoms with E-state index in [9.17, 15) is 0 Å². The number of nitrogens with one attached hydrogen (secondary N) is 1. The van der Waals surface area contributed by atoms with Crippen LogP contribution in [-0.4, -0.2) is 42.7 Å². The summed E-state index contributed by atoms with van der Waals surface area (Å²) < 4.78 is 5.08. The molecular formula is C15H25N3O. The molecule has 106 valence electrons. The third-order valence-electron chi connectivity index (χ3n) is 3.68. The molecule has 2 rings (SSSR count). The molecule has 1 aromatic heterocycles. The van der Waals surface area contributed by atoms with Crippen molar-refractivity contribution in [3.05, 3.63) is 23.9 Å². The van der Waals surface area contributed by atoms with Gasteiger partial charge in [0.1, 0.15) is 0 Å². The third kappa shape index (κ3) is 4.48. The monoisotopic (exact) mass is 263 g/mol. The first-order chi connectivity index (χ1) is 9.31. The molecule has 19 heavy (non-hydrogen) atoms. The van der Waals surface area contributed by atoms with Gasteiger partial charge in [0, 0.05) is 24.8 Å². The molecule has 1 aliphatic heterocycles. The molecule has 2 heterocycles. The number of nitrogens with zero attached hydrogens (tertiary/aromatic N) is 2. The lowest BCUT2D eigenvalue weighted by Crippen LogP contribution is -2.42. The van der Waals surface area contributed by atoms with E-state index in [2.05, 4.69) is 28.2 Å². The second-order valence-electron chi connectivity index (χ2n) is 5.21. The number of rotatable bonds is 6. The van der Waals surface area contributed by atoms with Crippen LogP contribution in [0.15, 0.2) is 18.3 Å². The van der Waals surface area contributed by atoms with Crippen LogP contribution < -0.4 is 10.1 Å². The largest absolute Gasteiger partial charge is 0.481 e. The molecular weight excluding hydrogens is 238 g/mol. The third-order valence-corrected chi connectivity index (χ3v) is 3.68. The number of piperidine rings is 1. The van der Waals surface area contributed by atoms with Gasteiger partial charge in [0.15, 0.2) is 0 Å². The summed E-state index contributed by atoms with van der Waals surface area (Å²) in [5.74, 6) is 0.686. The maximum Gasteiger partial charge on any atom is 0.212 e. The number of aromatic nitrogens is 1. The molecule has 1 aromatic rings. The molecule has 1 saturated heterocycles. The van der Waals surface area contributed by atoms with Crippen molar-refractivity contribution in [1.29, 1.82) is 0 Å². The van der Waals surface area contributed by atoms with Gasteiger partial charge >= 0.3 is 0 Å². The summed E-state index contributed by atoms with van der Waals surface area (Å²) in [6, 6.07) is 4.75. The first-order valence-corrected chi connectivity index (χ1v) is 7.26. The Labute approximate surface area is 116 Å². The van der Waals surface area contributed by atoms with Crippen LogP contribution >= 0.6 is 0 Å². The van der Waals surface area contributed by atoms with Gasteiger partial charge in [-0.05, 0) is 44.5 Å². The Morgan fingerprint density at radius 3 is 2.74 bits per heavy atom. The van der Waals surface area contributed by atoms with E-state index in [1.165, 1.54) is 37.9 Å². The highest BCUT2D eigenvalue weighted by Gasteiger charge is 2.18. The molecule has 0 spiro atoms. The van der Waals surface area contributed by atoms with Crippen LogP contribution in [0.5, 0.6) is 5.88 Å². The summed E-state index contributed by atoms with van der Waals surface area (Å²) in [6.07, 6.45) is 5.64. The van der Waals surface area contributed by atoms with Crippen molar-refractivity contribution in [2.24, 2.45) is 0 Å². The Balaban J connectivity index is 1.75. The second-order valence-corrected chi connectivity index (χ2v) is 5.21. The van der Waals surface area contributed by atoms with E-state index in [0.717, 1.165) is 13.1 Å². The number of methoxy groups -OCH3 is 1. The summed E-state index contributed by atoms with van der Waals surface area (Å²) in [4.78, 5) is 6.76. The van der Waals surface area contributed by atoms with Crippen molar-refractivity contribution in [2.75, 3.05) is 26.7 Å². The number of pyridine rings is 1. The Hall–Kier alpha value is -1.13. The Bertz CT molecular complexity index is 358. The molecule has 0 aromatic carbocycles. The highest BCUT2D eigenvalue weighted by atomic mass is 16.5. The van der Waals surface area contributed by atoms with Gasteiger partial charge in [-0.15, -0.1) is 0 Å². The van der Waals surface area contributed by atoms with E-state index < -0.39 is 0 Å². The molecule has 0 aliphatic carbocycles. The first-order valence-electron chi connectivity index (χ1n) is 7.26. The highest BCUT2D eigenvalue weighted by molar-refractivity contribution is 5.17. The Morgan fingerprint density at radius 2 is 2.16 bits per heavy atom. The smallest absolute Gasteiger partial charge is 0.212 e. The zero-order valence-electron chi connectivity index (χ0n) is 12.1. The summed E-state index contributed by atoms with van der Waals surface area (Å²) >= 11 is 0. The van der Waals surface area contributed by atoms with Crippen molar-refractivity contribution in [1.82, 2.24) is 15.2 Å². The molecule has 0 radical (unpaired) electrons. The van der Waals surface area contributed by atoms with Gasteiger partial charge in [-0.2, -0.15) is 0 Å². The number of hydrogen-bond donors (Lipinski definition) is 1. The van der Waals surface area contributed by atoms with Crippen LogP contribution in [0.1, 0.15) is 31.7 Å². The van der Waals surface area contributed by atoms with Crippen LogP contribution in [-0.2, 0) is 6.54 Å². The van der Waals surface area contributed by atoms with Crippen molar-refractivity contribution >= 4 is 0 Å². The predicted octanol–water partition coefficient (Wildman–Crippen LogP) is 2.05. The standard InChI is InChI=1S/C15H25N3O/c1-3-8-16-14-6-9-18(10-7-14)12-13-4-5-15(19-2)17-11-13/h4-5,11,14,16H,3,6-10,12H2,1-2H3. The lowest BCUT2D eigenvalue weighted by atomic mass is 10.0. The quantitative estimate of drug-likeness (QED) is 0.852. The zero-order chi connectivity index (χ0) is 13.5. The molecule has 1 aliphatic rings. The number of ether oxygens (including phenoxy) is 1. The Kier molecular flexibility index (Phi) is 5.61. The van der Waals surface area contributed by atoms with Crippen molar-refractivity contribution in [3.63, 3.8) is 0 Å². The highest BCUT2D eigenvalue weighted by Crippen LogP contribution is 2.14. The molecule has 1 N–H and O–H groups in total. The fraction of sp³-hybridized carbons (Fsp3) is 0.667. The maximum atomic E-state index is 5.08. The molecule has 0 unspecified atom stereocenters. The van der Waals surface area contributed by atoms with Gasteiger partial charge in [0.25, 0.3) is 0 Å². The van der Waals surface area contributed by atoms with Gasteiger partial charge in [-0.3, -0.25) is 4.90 Å². The molecule has 1 fully saturated rings. The van der Waals surface area contributed by atoms with Crippen LogP contribution in [0.4, 0.5) is 0 Å². The summed E-state index contributed by atoms with van der Waals surface area (Å²) in [7, 11) is 1.65. The van der Waals surface area contributed by atoms with E-state index in [-0.39, 0.29) is 0 Å². The van der Waals surface area contributed by atoms with Gasteiger partial charge < -0.3 is 10.1 Å². The average molecular weight is 263 g/mol. The van der Waals surface area contributed by atoms with E-state index >= 15 is 0 Å². The van der Waals surface area contributed by atoms with Gasteiger partial charge in [-0.25, -0.2) is 4.98 Å². The van der Waals surface area contributed by atoms with Gasteiger partial charge in [0.2, 0.25) is 5.88 Å². The molecule has 0 bridgehead atoms. The van der Waals surface area contributed by atoms with E-state index in [1.807, 2.05) is 12.3 Å². The summed E-state index contributed by atoms with van der Waals surface area (Å²) in [5.41, 5.74) is 1.26. The fourth-order valence-corrected chi connectivity index (χ4v) is 2.53. The maximum absolute atomic E-state index is 5.08. The van der Waals surface area contributed by atoms with E-state index in [4.69, 9.17) is 4.74 Å². The SMILES string of the molecule is CCCNC1CCN(Cc2ccc(OC)nc2)CC1. The minimum absolute atomic E-state index is 0.686.